The molecular weight excluding hydrogens is 255 g/mol. The predicted molar refractivity (Wildman–Crippen MR) is 74.3 cm³/mol. The van der Waals surface area contributed by atoms with Gasteiger partial charge in [-0.25, -0.2) is 4.39 Å². The van der Waals surface area contributed by atoms with Gasteiger partial charge in [0.1, 0.15) is 11.6 Å². The molecule has 1 aliphatic heterocycles. The SMILES string of the molecule is N#Cc1ccc(NCC2COc3ccccc32)c(F)c1. The third-order valence-corrected chi connectivity index (χ3v) is 3.44. The highest BCUT2D eigenvalue weighted by atomic mass is 19.1. The summed E-state index contributed by atoms with van der Waals surface area (Å²) in [5.41, 5.74) is 1.88. The second kappa shape index (κ2) is 5.22. The molecule has 0 aromatic heterocycles. The molecule has 0 spiro atoms. The van der Waals surface area contributed by atoms with Crippen LogP contribution in [0.15, 0.2) is 42.5 Å². The number of nitrogens with one attached hydrogen (secondary N) is 1. The van der Waals surface area contributed by atoms with E-state index in [4.69, 9.17) is 10.00 Å². The van der Waals surface area contributed by atoms with Gasteiger partial charge in [0.15, 0.2) is 0 Å². The Morgan fingerprint density at radius 2 is 2.15 bits per heavy atom. The number of nitrogens with zero attached hydrogens (tertiary/aromatic N) is 1. The Labute approximate surface area is 116 Å². The third kappa shape index (κ3) is 2.30. The van der Waals surface area contributed by atoms with Crippen LogP contribution in [-0.4, -0.2) is 13.2 Å². The van der Waals surface area contributed by atoms with E-state index in [1.54, 1.807) is 12.1 Å². The highest BCUT2D eigenvalue weighted by Gasteiger charge is 2.23. The summed E-state index contributed by atoms with van der Waals surface area (Å²) in [7, 11) is 0. The summed E-state index contributed by atoms with van der Waals surface area (Å²) in [6.07, 6.45) is 0. The van der Waals surface area contributed by atoms with E-state index < -0.39 is 5.82 Å². The number of ether oxygens (including phenoxy) is 1. The number of para-hydroxylation sites is 1. The molecule has 0 aliphatic carbocycles. The molecule has 1 heterocycles. The van der Waals surface area contributed by atoms with Gasteiger partial charge in [0.25, 0.3) is 0 Å². The zero-order valence-electron chi connectivity index (χ0n) is 10.8. The Balaban J connectivity index is 1.71. The number of hydrogen-bond donors (Lipinski definition) is 1. The lowest BCUT2D eigenvalue weighted by molar-refractivity contribution is 0.334. The fraction of sp³-hybridized carbons (Fsp3) is 0.188. The molecule has 0 saturated carbocycles. The van der Waals surface area contributed by atoms with Gasteiger partial charge in [-0.05, 0) is 24.3 Å². The standard InChI is InChI=1S/C16H13FN2O/c17-14-7-11(8-18)5-6-15(14)19-9-12-10-20-16-4-2-1-3-13(12)16/h1-7,12,19H,9-10H2. The quantitative estimate of drug-likeness (QED) is 0.929. The van der Waals surface area contributed by atoms with Crippen LogP contribution in [0.1, 0.15) is 17.0 Å². The van der Waals surface area contributed by atoms with Gasteiger partial charge in [-0.1, -0.05) is 18.2 Å². The molecule has 1 aliphatic rings. The number of rotatable bonds is 3. The maximum absolute atomic E-state index is 13.8. The van der Waals surface area contributed by atoms with Crippen LogP contribution >= 0.6 is 0 Å². The normalized spacial score (nSPS) is 16.1. The van der Waals surface area contributed by atoms with Gasteiger partial charge >= 0.3 is 0 Å². The first-order valence-electron chi connectivity index (χ1n) is 6.43. The number of hydrogen-bond acceptors (Lipinski definition) is 3. The molecule has 1 atom stereocenters. The summed E-state index contributed by atoms with van der Waals surface area (Å²) in [5.74, 6) is 0.706. The predicted octanol–water partition coefficient (Wildman–Crippen LogP) is 3.29. The fourth-order valence-corrected chi connectivity index (χ4v) is 2.36. The van der Waals surface area contributed by atoms with Crippen LogP contribution in [0.25, 0.3) is 0 Å². The lowest BCUT2D eigenvalue weighted by Gasteiger charge is -2.12. The Hall–Kier alpha value is -2.54. The number of halogens is 1. The second-order valence-electron chi connectivity index (χ2n) is 4.73. The van der Waals surface area contributed by atoms with E-state index in [2.05, 4.69) is 5.32 Å². The first-order valence-corrected chi connectivity index (χ1v) is 6.43. The smallest absolute Gasteiger partial charge is 0.147 e. The highest BCUT2D eigenvalue weighted by molar-refractivity contribution is 5.50. The second-order valence-corrected chi connectivity index (χ2v) is 4.73. The lowest BCUT2D eigenvalue weighted by atomic mass is 10.0. The van der Waals surface area contributed by atoms with Gasteiger partial charge in [0, 0.05) is 18.0 Å². The Bertz CT molecular complexity index is 678. The molecule has 0 bridgehead atoms. The van der Waals surface area contributed by atoms with Crippen molar-refractivity contribution in [1.29, 1.82) is 5.26 Å². The van der Waals surface area contributed by atoms with E-state index in [9.17, 15) is 4.39 Å². The number of nitriles is 1. The van der Waals surface area contributed by atoms with Gasteiger partial charge in [-0.3, -0.25) is 0 Å². The third-order valence-electron chi connectivity index (χ3n) is 3.44. The van der Waals surface area contributed by atoms with Crippen molar-refractivity contribution >= 4 is 5.69 Å². The first kappa shape index (κ1) is 12.5. The van der Waals surface area contributed by atoms with E-state index in [1.165, 1.54) is 6.07 Å². The summed E-state index contributed by atoms with van der Waals surface area (Å²) < 4.78 is 19.4. The van der Waals surface area contributed by atoms with Gasteiger partial charge < -0.3 is 10.1 Å². The average Bonchev–Trinajstić information content (AvgIpc) is 2.89. The largest absolute Gasteiger partial charge is 0.493 e. The average molecular weight is 268 g/mol. The van der Waals surface area contributed by atoms with Crippen molar-refractivity contribution in [3.05, 3.63) is 59.4 Å². The molecule has 2 aromatic carbocycles. The number of fused-ring (bicyclic) bond motifs is 1. The van der Waals surface area contributed by atoms with Crippen molar-refractivity contribution in [2.24, 2.45) is 0 Å². The molecule has 0 fully saturated rings. The summed E-state index contributed by atoms with van der Waals surface area (Å²) in [4.78, 5) is 0. The van der Waals surface area contributed by atoms with Crippen molar-refractivity contribution in [2.45, 2.75) is 5.92 Å². The number of benzene rings is 2. The van der Waals surface area contributed by atoms with E-state index in [-0.39, 0.29) is 5.92 Å². The van der Waals surface area contributed by atoms with Crippen LogP contribution in [-0.2, 0) is 0 Å². The van der Waals surface area contributed by atoms with E-state index >= 15 is 0 Å². The van der Waals surface area contributed by atoms with Gasteiger partial charge in [-0.15, -0.1) is 0 Å². The van der Waals surface area contributed by atoms with Gasteiger partial charge in [0.2, 0.25) is 0 Å². The lowest BCUT2D eigenvalue weighted by Crippen LogP contribution is -2.14. The zero-order chi connectivity index (χ0) is 13.9. The van der Waals surface area contributed by atoms with Crippen LogP contribution in [0.3, 0.4) is 0 Å². The number of anilines is 1. The monoisotopic (exact) mass is 268 g/mol. The molecule has 4 heteroatoms. The maximum Gasteiger partial charge on any atom is 0.147 e. The molecule has 3 rings (SSSR count). The topological polar surface area (TPSA) is 45.0 Å². The van der Waals surface area contributed by atoms with Crippen LogP contribution < -0.4 is 10.1 Å². The molecule has 0 amide bonds. The molecular formula is C16H13FN2O. The minimum absolute atomic E-state index is 0.209. The van der Waals surface area contributed by atoms with E-state index in [0.29, 0.717) is 24.4 Å². The molecule has 100 valence electrons. The minimum atomic E-state index is -0.406. The summed E-state index contributed by atoms with van der Waals surface area (Å²) >= 11 is 0. The Morgan fingerprint density at radius 1 is 1.30 bits per heavy atom. The van der Waals surface area contributed by atoms with Crippen LogP contribution in [0.2, 0.25) is 0 Å². The van der Waals surface area contributed by atoms with Gasteiger partial charge in [-0.2, -0.15) is 5.26 Å². The first-order chi connectivity index (χ1) is 9.78. The molecule has 0 saturated heterocycles. The molecule has 20 heavy (non-hydrogen) atoms. The molecule has 3 nitrogen and oxygen atoms in total. The molecule has 0 radical (unpaired) electrons. The Kier molecular flexibility index (Phi) is 3.26. The van der Waals surface area contributed by atoms with E-state index in [0.717, 1.165) is 11.3 Å². The van der Waals surface area contributed by atoms with Crippen LogP contribution in [0.4, 0.5) is 10.1 Å². The van der Waals surface area contributed by atoms with Crippen molar-refractivity contribution in [3.8, 4) is 11.8 Å². The summed E-state index contributed by atoms with van der Waals surface area (Å²) in [5, 5.41) is 11.8. The van der Waals surface area contributed by atoms with Crippen molar-refractivity contribution in [3.63, 3.8) is 0 Å². The zero-order valence-corrected chi connectivity index (χ0v) is 10.8. The summed E-state index contributed by atoms with van der Waals surface area (Å²) in [6, 6.07) is 14.2. The van der Waals surface area contributed by atoms with Crippen LogP contribution in [0.5, 0.6) is 5.75 Å². The molecule has 2 aromatic rings. The maximum atomic E-state index is 13.8. The molecule has 1 unspecified atom stereocenters. The molecule has 1 N–H and O–H groups in total. The van der Waals surface area contributed by atoms with Gasteiger partial charge in [0.05, 0.1) is 23.9 Å². The van der Waals surface area contributed by atoms with Crippen molar-refractivity contribution in [2.75, 3.05) is 18.5 Å². The minimum Gasteiger partial charge on any atom is -0.493 e. The van der Waals surface area contributed by atoms with E-state index in [1.807, 2.05) is 30.3 Å². The Morgan fingerprint density at radius 3 is 2.95 bits per heavy atom. The van der Waals surface area contributed by atoms with Crippen molar-refractivity contribution < 1.29 is 9.13 Å². The summed E-state index contributed by atoms with van der Waals surface area (Å²) in [6.45, 7) is 1.20. The van der Waals surface area contributed by atoms with Crippen molar-refractivity contribution in [1.82, 2.24) is 0 Å². The highest BCUT2D eigenvalue weighted by Crippen LogP contribution is 2.33. The fourth-order valence-electron chi connectivity index (χ4n) is 2.36. The van der Waals surface area contributed by atoms with Crippen LogP contribution in [0, 0.1) is 17.1 Å².